The maximum Gasteiger partial charge on any atom is 0.408 e. The van der Waals surface area contributed by atoms with E-state index in [1.165, 1.54) is 0 Å². The Morgan fingerprint density at radius 2 is 2.11 bits per heavy atom. The first kappa shape index (κ1) is 21.2. The number of aryl methyl sites for hydroxylation is 1. The number of hydrogen-bond donors (Lipinski definition) is 2. The molecular formula is C20H31N3O4. The molecule has 2 heterocycles. The number of ether oxygens (including phenoxy) is 2. The van der Waals surface area contributed by atoms with Crippen LogP contribution in [0.15, 0.2) is 6.07 Å². The second-order valence-electron chi connectivity index (χ2n) is 7.82. The number of hydrogen-bond acceptors (Lipinski definition) is 5. The Bertz CT molecular complexity index is 683. The molecule has 0 radical (unpaired) electrons. The number of fused-ring (bicyclic) bond motifs is 1. The fourth-order valence-electron chi connectivity index (χ4n) is 3.08. The highest BCUT2D eigenvalue weighted by molar-refractivity contribution is 5.98. The summed E-state index contributed by atoms with van der Waals surface area (Å²) in [6, 6.07) is 1.38. The topological polar surface area (TPSA) is 89.6 Å². The molecule has 0 spiro atoms. The Morgan fingerprint density at radius 1 is 1.37 bits per heavy atom. The van der Waals surface area contributed by atoms with Crippen molar-refractivity contribution < 1.29 is 19.1 Å². The maximum absolute atomic E-state index is 12.3. The molecule has 1 aliphatic heterocycles. The predicted molar refractivity (Wildman–Crippen MR) is 103 cm³/mol. The minimum Gasteiger partial charge on any atom is -0.444 e. The van der Waals surface area contributed by atoms with E-state index in [9.17, 15) is 9.59 Å². The third-order valence-corrected chi connectivity index (χ3v) is 4.27. The molecule has 0 bridgehead atoms. The highest BCUT2D eigenvalue weighted by Crippen LogP contribution is 2.26. The Kier molecular flexibility index (Phi) is 7.18. The largest absolute Gasteiger partial charge is 0.444 e. The molecule has 27 heavy (non-hydrogen) atoms. The number of aromatic nitrogens is 1. The second-order valence-corrected chi connectivity index (χ2v) is 7.82. The van der Waals surface area contributed by atoms with Crippen LogP contribution in [0, 0.1) is 0 Å². The predicted octanol–water partition coefficient (Wildman–Crippen LogP) is 3.27. The molecule has 7 heteroatoms. The van der Waals surface area contributed by atoms with E-state index in [-0.39, 0.29) is 12.5 Å². The molecule has 2 amide bonds. The van der Waals surface area contributed by atoms with Crippen molar-refractivity contribution in [2.75, 3.05) is 13.7 Å². The van der Waals surface area contributed by atoms with Gasteiger partial charge in [-0.1, -0.05) is 19.8 Å². The van der Waals surface area contributed by atoms with Crippen molar-refractivity contribution in [3.8, 4) is 0 Å². The minimum atomic E-state index is -0.601. The van der Waals surface area contributed by atoms with Gasteiger partial charge >= 0.3 is 6.09 Å². The molecule has 1 aromatic rings. The average Bonchev–Trinajstić information content (AvgIpc) is 2.94. The van der Waals surface area contributed by atoms with Crippen molar-refractivity contribution in [2.45, 2.75) is 71.6 Å². The van der Waals surface area contributed by atoms with Gasteiger partial charge in [-0.3, -0.25) is 9.78 Å². The van der Waals surface area contributed by atoms with E-state index in [0.717, 1.165) is 36.9 Å². The van der Waals surface area contributed by atoms with E-state index in [0.29, 0.717) is 17.8 Å². The standard InChI is InChI=1S/C20H31N3O4/c1-6-7-8-9-13-10-14-15(11-21-18(14)24)17(22-13)16(12-26-5)23-19(25)27-20(2,3)4/h10,16H,6-9,11-12H2,1-5H3,(H,21,24)(H,23,25)/t16-/m1/s1. The van der Waals surface area contributed by atoms with E-state index >= 15 is 0 Å². The van der Waals surface area contributed by atoms with Crippen molar-refractivity contribution in [3.05, 3.63) is 28.6 Å². The first-order chi connectivity index (χ1) is 12.7. The lowest BCUT2D eigenvalue weighted by Gasteiger charge is -2.24. The van der Waals surface area contributed by atoms with Gasteiger partial charge in [0.15, 0.2) is 0 Å². The van der Waals surface area contributed by atoms with Crippen LogP contribution < -0.4 is 10.6 Å². The zero-order valence-corrected chi connectivity index (χ0v) is 17.0. The Hall–Kier alpha value is -2.15. The van der Waals surface area contributed by atoms with Crippen LogP contribution in [0.5, 0.6) is 0 Å². The fourth-order valence-corrected chi connectivity index (χ4v) is 3.08. The number of alkyl carbamates (subject to hydrolysis) is 1. The van der Waals surface area contributed by atoms with Gasteiger partial charge in [0.1, 0.15) is 5.60 Å². The summed E-state index contributed by atoms with van der Waals surface area (Å²) in [5.41, 5.74) is 2.39. The zero-order valence-electron chi connectivity index (χ0n) is 17.0. The van der Waals surface area contributed by atoms with Crippen molar-refractivity contribution in [3.63, 3.8) is 0 Å². The van der Waals surface area contributed by atoms with Crippen molar-refractivity contribution in [1.29, 1.82) is 0 Å². The highest BCUT2D eigenvalue weighted by atomic mass is 16.6. The van der Waals surface area contributed by atoms with Crippen LogP contribution in [0.4, 0.5) is 4.79 Å². The third-order valence-electron chi connectivity index (χ3n) is 4.27. The van der Waals surface area contributed by atoms with Crippen LogP contribution >= 0.6 is 0 Å². The summed E-state index contributed by atoms with van der Waals surface area (Å²) in [5.74, 6) is -0.0983. The molecule has 0 unspecified atom stereocenters. The number of unbranched alkanes of at least 4 members (excludes halogenated alkanes) is 2. The molecule has 0 aromatic carbocycles. The lowest BCUT2D eigenvalue weighted by atomic mass is 10.0. The van der Waals surface area contributed by atoms with Gasteiger partial charge in [0.2, 0.25) is 0 Å². The van der Waals surface area contributed by atoms with Crippen molar-refractivity contribution >= 4 is 12.0 Å². The number of carbonyl (C=O) groups is 2. The van der Waals surface area contributed by atoms with Gasteiger partial charge in [-0.25, -0.2) is 4.79 Å². The molecule has 2 rings (SSSR count). The number of rotatable bonds is 8. The van der Waals surface area contributed by atoms with Crippen LogP contribution in [0.25, 0.3) is 0 Å². The Labute approximate surface area is 161 Å². The van der Waals surface area contributed by atoms with E-state index in [1.807, 2.05) is 26.8 Å². The third kappa shape index (κ3) is 5.92. The average molecular weight is 377 g/mol. The van der Waals surface area contributed by atoms with E-state index in [2.05, 4.69) is 17.6 Å². The summed E-state index contributed by atoms with van der Waals surface area (Å²) in [5, 5.41) is 5.69. The molecule has 2 N–H and O–H groups in total. The summed E-state index contributed by atoms with van der Waals surface area (Å²) in [4.78, 5) is 29.3. The van der Waals surface area contributed by atoms with Gasteiger partial charge in [0.05, 0.1) is 18.3 Å². The lowest BCUT2D eigenvalue weighted by molar-refractivity contribution is 0.0465. The van der Waals surface area contributed by atoms with E-state index in [4.69, 9.17) is 14.5 Å². The van der Waals surface area contributed by atoms with Gasteiger partial charge in [-0.2, -0.15) is 0 Å². The van der Waals surface area contributed by atoms with Crippen LogP contribution in [-0.4, -0.2) is 36.3 Å². The van der Waals surface area contributed by atoms with Crippen molar-refractivity contribution in [1.82, 2.24) is 15.6 Å². The number of pyridine rings is 1. The minimum absolute atomic E-state index is 0.0983. The Morgan fingerprint density at radius 3 is 2.74 bits per heavy atom. The molecule has 0 aliphatic carbocycles. The van der Waals surface area contributed by atoms with Crippen LogP contribution in [-0.2, 0) is 22.4 Å². The monoisotopic (exact) mass is 377 g/mol. The molecular weight excluding hydrogens is 346 g/mol. The van der Waals surface area contributed by atoms with Gasteiger partial charge in [0, 0.05) is 30.5 Å². The van der Waals surface area contributed by atoms with Gasteiger partial charge in [0.25, 0.3) is 5.91 Å². The second kappa shape index (κ2) is 9.17. The quantitative estimate of drug-likeness (QED) is 0.679. The van der Waals surface area contributed by atoms with Gasteiger partial charge in [-0.05, 0) is 39.7 Å². The molecule has 150 valence electrons. The molecule has 1 aromatic heterocycles. The summed E-state index contributed by atoms with van der Waals surface area (Å²) in [7, 11) is 1.57. The normalized spacial score (nSPS) is 14.5. The molecule has 0 saturated carbocycles. The SMILES string of the molecule is CCCCCc1cc2c(c([C@@H](COC)NC(=O)OC(C)(C)C)n1)CNC2=O. The molecule has 0 saturated heterocycles. The number of methoxy groups -OCH3 is 1. The van der Waals surface area contributed by atoms with E-state index in [1.54, 1.807) is 7.11 Å². The zero-order chi connectivity index (χ0) is 20.0. The highest BCUT2D eigenvalue weighted by Gasteiger charge is 2.29. The number of amides is 2. The smallest absolute Gasteiger partial charge is 0.408 e. The number of nitrogens with one attached hydrogen (secondary N) is 2. The number of nitrogens with zero attached hydrogens (tertiary/aromatic N) is 1. The summed E-state index contributed by atoms with van der Waals surface area (Å²) < 4.78 is 10.7. The van der Waals surface area contributed by atoms with Crippen LogP contribution in [0.2, 0.25) is 0 Å². The fraction of sp³-hybridized carbons (Fsp3) is 0.650. The van der Waals surface area contributed by atoms with Gasteiger partial charge in [-0.15, -0.1) is 0 Å². The summed E-state index contributed by atoms with van der Waals surface area (Å²) in [6.45, 7) is 8.22. The van der Waals surface area contributed by atoms with Crippen LogP contribution in [0.1, 0.15) is 80.3 Å². The molecule has 1 atom stereocenters. The van der Waals surface area contributed by atoms with E-state index < -0.39 is 17.7 Å². The van der Waals surface area contributed by atoms with Gasteiger partial charge < -0.3 is 20.1 Å². The first-order valence-electron chi connectivity index (χ1n) is 9.54. The molecule has 7 nitrogen and oxygen atoms in total. The first-order valence-corrected chi connectivity index (χ1v) is 9.54. The summed E-state index contributed by atoms with van der Waals surface area (Å²) in [6.07, 6.45) is 3.50. The number of carbonyl (C=O) groups excluding carboxylic acids is 2. The Balaban J connectivity index is 2.31. The van der Waals surface area contributed by atoms with Crippen molar-refractivity contribution in [2.24, 2.45) is 0 Å². The van der Waals surface area contributed by atoms with Crippen LogP contribution in [0.3, 0.4) is 0 Å². The molecule has 1 aliphatic rings. The lowest BCUT2D eigenvalue weighted by Crippen LogP contribution is -2.37. The summed E-state index contributed by atoms with van der Waals surface area (Å²) >= 11 is 0. The molecule has 0 fully saturated rings. The maximum atomic E-state index is 12.3.